The summed E-state index contributed by atoms with van der Waals surface area (Å²) in [5.74, 6) is 1.31. The number of aryl methyl sites for hydroxylation is 1. The Balaban J connectivity index is 1.38. The van der Waals surface area contributed by atoms with Gasteiger partial charge in [-0.25, -0.2) is 14.6 Å². The minimum absolute atomic E-state index is 0.0336. The van der Waals surface area contributed by atoms with Crippen molar-refractivity contribution in [3.63, 3.8) is 0 Å². The maximum atomic E-state index is 13.0. The summed E-state index contributed by atoms with van der Waals surface area (Å²) in [6, 6.07) is 0.0925. The molecule has 43 heavy (non-hydrogen) atoms. The van der Waals surface area contributed by atoms with Crippen LogP contribution in [0.1, 0.15) is 72.4 Å². The number of methoxy groups -OCH3 is 1. The predicted molar refractivity (Wildman–Crippen MR) is 169 cm³/mol. The molecule has 5 atom stereocenters. The molecule has 0 saturated carbocycles. The Morgan fingerprint density at radius 3 is 2.84 bits per heavy atom. The molecule has 5 heterocycles. The van der Waals surface area contributed by atoms with Crippen LogP contribution < -0.4 is 5.73 Å². The van der Waals surface area contributed by atoms with Gasteiger partial charge in [0.1, 0.15) is 5.03 Å². The fourth-order valence-corrected chi connectivity index (χ4v) is 9.79. The zero-order chi connectivity index (χ0) is 30.0. The number of nitrogens with two attached hydrogens (primary N) is 1. The van der Waals surface area contributed by atoms with E-state index in [9.17, 15) is 4.21 Å². The highest BCUT2D eigenvalue weighted by Crippen LogP contribution is 2.55. The number of aromatic nitrogens is 5. The number of hydrogen-bond donors (Lipinski definition) is 1. The van der Waals surface area contributed by atoms with E-state index in [2.05, 4.69) is 29.0 Å². The van der Waals surface area contributed by atoms with Crippen LogP contribution in [0.15, 0.2) is 20.7 Å². The van der Waals surface area contributed by atoms with Crippen LogP contribution in [0.4, 0.5) is 5.00 Å². The molecule has 3 aliphatic rings. The van der Waals surface area contributed by atoms with Crippen molar-refractivity contribution in [2.24, 2.45) is 4.99 Å². The lowest BCUT2D eigenvalue weighted by Gasteiger charge is -2.39. The Morgan fingerprint density at radius 1 is 1.30 bits per heavy atom. The van der Waals surface area contributed by atoms with Gasteiger partial charge in [-0.15, -0.1) is 11.3 Å². The second-order valence-corrected chi connectivity index (χ2v) is 14.5. The molecule has 1 aliphatic heterocycles. The summed E-state index contributed by atoms with van der Waals surface area (Å²) in [5.41, 5.74) is 10.8. The highest BCUT2D eigenvalue weighted by molar-refractivity contribution is 7.84. The van der Waals surface area contributed by atoms with Gasteiger partial charge in [-0.3, -0.25) is 14.1 Å². The standard InChI is InChI=1S/C30H38N8O3S2/c1-16(24-20(40-4)10-13-37(24)3)38-28-19(15-33-38)29(43(5)39)35-27(34-28)23-17-8-6-11-30(25(17)41-36-23)12-7-9-21-22(30)18(14-32-2)26(31)42-21/h14-16,20,24H,6-13,31H2,1-5H3/t16-,20-,24+,30-,43?/m0/s1. The van der Waals surface area contributed by atoms with Gasteiger partial charge in [-0.05, 0) is 64.5 Å². The predicted octanol–water partition coefficient (Wildman–Crippen LogP) is 4.15. The summed E-state index contributed by atoms with van der Waals surface area (Å²) in [5, 5.41) is 11.3. The first-order chi connectivity index (χ1) is 20.8. The van der Waals surface area contributed by atoms with E-state index in [0.717, 1.165) is 73.4 Å². The fourth-order valence-electron chi connectivity index (χ4n) is 7.93. The van der Waals surface area contributed by atoms with Crippen LogP contribution in [0.25, 0.3) is 22.6 Å². The Labute approximate surface area is 257 Å². The van der Waals surface area contributed by atoms with Crippen molar-refractivity contribution in [2.75, 3.05) is 39.7 Å². The summed E-state index contributed by atoms with van der Waals surface area (Å²) in [6.07, 6.45) is 12.1. The third-order valence-electron chi connectivity index (χ3n) is 9.79. The summed E-state index contributed by atoms with van der Waals surface area (Å²) in [4.78, 5) is 17.9. The van der Waals surface area contributed by atoms with E-state index >= 15 is 0 Å². The zero-order valence-electron chi connectivity index (χ0n) is 25.3. The molecule has 4 aromatic heterocycles. The second-order valence-electron chi connectivity index (χ2n) is 12.1. The van der Waals surface area contributed by atoms with Crippen molar-refractivity contribution in [3.05, 3.63) is 33.5 Å². The van der Waals surface area contributed by atoms with E-state index in [1.54, 1.807) is 37.9 Å². The average Bonchev–Trinajstić information content (AvgIpc) is 3.77. The lowest BCUT2D eigenvalue weighted by atomic mass is 9.63. The second kappa shape index (κ2) is 10.9. The van der Waals surface area contributed by atoms with Crippen molar-refractivity contribution in [1.82, 2.24) is 29.8 Å². The summed E-state index contributed by atoms with van der Waals surface area (Å²) >= 11 is 1.67. The third-order valence-corrected chi connectivity index (χ3v) is 11.7. The molecule has 1 spiro atoms. The van der Waals surface area contributed by atoms with Crippen LogP contribution in [0.5, 0.6) is 0 Å². The number of anilines is 1. The molecule has 11 nitrogen and oxygen atoms in total. The van der Waals surface area contributed by atoms with Crippen LogP contribution in [0.3, 0.4) is 0 Å². The van der Waals surface area contributed by atoms with Crippen LogP contribution in [-0.4, -0.2) is 86.4 Å². The minimum Gasteiger partial charge on any atom is -0.390 e. The number of aliphatic imine (C=N–C) groups is 1. The van der Waals surface area contributed by atoms with E-state index < -0.39 is 10.8 Å². The zero-order valence-corrected chi connectivity index (χ0v) is 26.9. The molecular formula is C30H38N8O3S2. The van der Waals surface area contributed by atoms with Crippen molar-refractivity contribution in [2.45, 2.75) is 80.5 Å². The van der Waals surface area contributed by atoms with E-state index in [-0.39, 0.29) is 23.6 Å². The van der Waals surface area contributed by atoms with E-state index in [1.165, 1.54) is 10.4 Å². The van der Waals surface area contributed by atoms with Crippen LogP contribution in [-0.2, 0) is 33.8 Å². The molecular weight excluding hydrogens is 585 g/mol. The Kier molecular flexibility index (Phi) is 7.26. The molecule has 1 saturated heterocycles. The van der Waals surface area contributed by atoms with Crippen molar-refractivity contribution in [1.29, 1.82) is 0 Å². The molecule has 13 heteroatoms. The monoisotopic (exact) mass is 622 g/mol. The summed E-state index contributed by atoms with van der Waals surface area (Å²) < 4.78 is 27.1. The van der Waals surface area contributed by atoms with Gasteiger partial charge in [0, 0.05) is 49.2 Å². The topological polar surface area (TPSA) is 138 Å². The largest absolute Gasteiger partial charge is 0.390 e. The fraction of sp³-hybridized carbons (Fsp3) is 0.567. The van der Waals surface area contributed by atoms with Gasteiger partial charge in [-0.1, -0.05) is 5.16 Å². The SMILES string of the molecule is CN=Cc1c(N)sc2c1[C@@]1(CCC2)CCCc2c(-c3nc(S(C)=O)c4cnn([C@@H](C)[C@@H]5[C@@H](OC)CCN5C)c4n3)noc21. The first-order valence-electron chi connectivity index (χ1n) is 14.9. The highest BCUT2D eigenvalue weighted by Gasteiger charge is 2.48. The van der Waals surface area contributed by atoms with Gasteiger partial charge in [0.15, 0.2) is 22.9 Å². The Morgan fingerprint density at radius 2 is 2.09 bits per heavy atom. The van der Waals surface area contributed by atoms with Gasteiger partial charge in [0.25, 0.3) is 0 Å². The first-order valence-corrected chi connectivity index (χ1v) is 17.3. The van der Waals surface area contributed by atoms with Gasteiger partial charge < -0.3 is 15.0 Å². The lowest BCUT2D eigenvalue weighted by molar-refractivity contribution is 0.0503. The average molecular weight is 623 g/mol. The normalized spacial score (nSPS) is 25.5. The van der Waals surface area contributed by atoms with Crippen molar-refractivity contribution >= 4 is 44.4 Å². The molecule has 0 aromatic carbocycles. The number of likely N-dealkylation sites (tertiary alicyclic amines) is 1. The number of thiophene rings is 1. The van der Waals surface area contributed by atoms with E-state index in [4.69, 9.17) is 30.1 Å². The van der Waals surface area contributed by atoms with E-state index in [0.29, 0.717) is 27.6 Å². The molecule has 2 N–H and O–H groups in total. The van der Waals surface area contributed by atoms with Gasteiger partial charge in [-0.2, -0.15) is 5.10 Å². The van der Waals surface area contributed by atoms with Gasteiger partial charge >= 0.3 is 0 Å². The molecule has 1 fully saturated rings. The molecule has 0 radical (unpaired) electrons. The highest BCUT2D eigenvalue weighted by atomic mass is 32.2. The summed E-state index contributed by atoms with van der Waals surface area (Å²) in [7, 11) is 4.30. The van der Waals surface area contributed by atoms with Crippen molar-refractivity contribution in [3.8, 4) is 11.5 Å². The quantitative estimate of drug-likeness (QED) is 0.248. The molecule has 1 unspecified atom stereocenters. The molecule has 4 aromatic rings. The maximum absolute atomic E-state index is 13.0. The molecule has 0 bridgehead atoms. The number of likely N-dealkylation sites (N-methyl/N-ethyl adjacent to an activating group) is 1. The summed E-state index contributed by atoms with van der Waals surface area (Å²) in [6.45, 7) is 3.09. The minimum atomic E-state index is -1.36. The Hall–Kier alpha value is -3.00. The van der Waals surface area contributed by atoms with Crippen LogP contribution in [0, 0.1) is 0 Å². The molecule has 0 amide bonds. The number of nitrogens with zero attached hydrogens (tertiary/aromatic N) is 7. The molecule has 7 rings (SSSR count). The number of nitrogen functional groups attached to an aromatic ring is 1. The number of ether oxygens (including phenoxy) is 1. The number of rotatable bonds is 6. The van der Waals surface area contributed by atoms with Crippen LogP contribution >= 0.6 is 11.3 Å². The lowest BCUT2D eigenvalue weighted by Crippen LogP contribution is -2.40. The first kappa shape index (κ1) is 28.8. The van der Waals surface area contributed by atoms with E-state index in [1.807, 2.05) is 10.9 Å². The third kappa shape index (κ3) is 4.33. The van der Waals surface area contributed by atoms with Gasteiger partial charge in [0.2, 0.25) is 0 Å². The number of hydrogen-bond acceptors (Lipinski definition) is 11. The molecule has 2 aliphatic carbocycles. The van der Waals surface area contributed by atoms with Crippen molar-refractivity contribution < 1.29 is 13.5 Å². The molecule has 228 valence electrons. The van der Waals surface area contributed by atoms with Crippen LogP contribution in [0.2, 0.25) is 0 Å². The number of fused-ring (bicyclic) bond motifs is 5. The van der Waals surface area contributed by atoms with Gasteiger partial charge in [0.05, 0.1) is 51.0 Å². The maximum Gasteiger partial charge on any atom is 0.185 e. The smallest absolute Gasteiger partial charge is 0.185 e. The Bertz CT molecular complexity index is 1760.